The van der Waals surface area contributed by atoms with E-state index in [4.69, 9.17) is 0 Å². The Morgan fingerprint density at radius 3 is 2.39 bits per heavy atom. The van der Waals surface area contributed by atoms with Gasteiger partial charge in [0, 0.05) is 31.9 Å². The van der Waals surface area contributed by atoms with Crippen molar-refractivity contribution < 1.29 is 8.78 Å². The monoisotopic (exact) mass is 322 g/mol. The molecule has 3 rings (SSSR count). The van der Waals surface area contributed by atoms with Crippen LogP contribution in [-0.4, -0.2) is 63.8 Å². The van der Waals surface area contributed by atoms with Crippen LogP contribution in [0, 0.1) is 13.8 Å². The third kappa shape index (κ3) is 3.64. The Morgan fingerprint density at radius 1 is 1.09 bits per heavy atom. The van der Waals surface area contributed by atoms with Gasteiger partial charge in [0.1, 0.15) is 5.82 Å². The molecule has 2 aromatic heterocycles. The summed E-state index contributed by atoms with van der Waals surface area (Å²) in [5.41, 5.74) is 1.92. The zero-order valence-corrected chi connectivity index (χ0v) is 13.3. The number of halogens is 2. The normalized spacial score (nSPS) is 16.3. The van der Waals surface area contributed by atoms with Gasteiger partial charge in [0.05, 0.1) is 24.6 Å². The molecular formula is C15H20F2N6. The van der Waals surface area contributed by atoms with E-state index < -0.39 is 6.43 Å². The number of rotatable bonds is 4. The van der Waals surface area contributed by atoms with Gasteiger partial charge in [0.15, 0.2) is 5.82 Å². The van der Waals surface area contributed by atoms with Crippen molar-refractivity contribution in [3.05, 3.63) is 29.8 Å². The number of piperazine rings is 1. The number of hydrogen-bond acceptors (Lipinski definition) is 5. The Kier molecular flexibility index (Phi) is 4.51. The van der Waals surface area contributed by atoms with E-state index in [0.717, 1.165) is 17.2 Å². The topological polar surface area (TPSA) is 50.1 Å². The van der Waals surface area contributed by atoms with Crippen LogP contribution in [0.1, 0.15) is 11.4 Å². The number of aromatic nitrogens is 4. The first-order valence-corrected chi connectivity index (χ1v) is 7.64. The molecule has 0 amide bonds. The first kappa shape index (κ1) is 15.8. The first-order chi connectivity index (χ1) is 11.0. The average Bonchev–Trinajstić information content (AvgIpc) is 2.86. The minimum Gasteiger partial charge on any atom is -0.353 e. The molecule has 0 aliphatic carbocycles. The van der Waals surface area contributed by atoms with E-state index in [2.05, 4.69) is 20.0 Å². The lowest BCUT2D eigenvalue weighted by molar-refractivity contribution is 0.0853. The molecule has 0 bridgehead atoms. The average molecular weight is 322 g/mol. The van der Waals surface area contributed by atoms with Gasteiger partial charge in [0.2, 0.25) is 0 Å². The van der Waals surface area contributed by atoms with Gasteiger partial charge < -0.3 is 4.90 Å². The van der Waals surface area contributed by atoms with Gasteiger partial charge in [-0.05, 0) is 19.9 Å². The zero-order valence-electron chi connectivity index (χ0n) is 13.3. The summed E-state index contributed by atoms with van der Waals surface area (Å²) in [5.74, 6) is 1.43. The van der Waals surface area contributed by atoms with E-state index in [0.29, 0.717) is 32.0 Å². The molecule has 0 spiro atoms. The molecule has 0 atom stereocenters. The molecule has 124 valence electrons. The van der Waals surface area contributed by atoms with Gasteiger partial charge in [-0.15, -0.1) is 0 Å². The molecule has 0 unspecified atom stereocenters. The lowest BCUT2D eigenvalue weighted by atomic mass is 10.3. The highest BCUT2D eigenvalue weighted by Crippen LogP contribution is 2.16. The molecule has 0 aromatic carbocycles. The summed E-state index contributed by atoms with van der Waals surface area (Å²) in [7, 11) is 0. The second-order valence-corrected chi connectivity index (χ2v) is 5.75. The molecule has 0 saturated carbocycles. The lowest BCUT2D eigenvalue weighted by Crippen LogP contribution is -2.48. The maximum Gasteiger partial charge on any atom is 0.251 e. The number of anilines is 1. The molecule has 6 nitrogen and oxygen atoms in total. The molecule has 0 radical (unpaired) electrons. The van der Waals surface area contributed by atoms with Gasteiger partial charge in [-0.1, -0.05) is 0 Å². The SMILES string of the molecule is Cc1cc(C)n(-c2cncc(N3CCN(CC(F)F)CC3)n2)n1. The van der Waals surface area contributed by atoms with Crippen molar-refractivity contribution in [3.8, 4) is 5.82 Å². The summed E-state index contributed by atoms with van der Waals surface area (Å²) in [4.78, 5) is 12.7. The number of nitrogens with zero attached hydrogens (tertiary/aromatic N) is 6. The van der Waals surface area contributed by atoms with Crippen molar-refractivity contribution in [2.24, 2.45) is 0 Å². The predicted molar refractivity (Wildman–Crippen MR) is 83.3 cm³/mol. The van der Waals surface area contributed by atoms with E-state index in [9.17, 15) is 8.78 Å². The van der Waals surface area contributed by atoms with E-state index in [1.54, 1.807) is 22.0 Å². The highest BCUT2D eigenvalue weighted by atomic mass is 19.3. The maximum atomic E-state index is 12.4. The molecule has 1 saturated heterocycles. The van der Waals surface area contributed by atoms with Crippen LogP contribution in [0.5, 0.6) is 0 Å². The van der Waals surface area contributed by atoms with Crippen LogP contribution < -0.4 is 4.90 Å². The molecule has 1 aliphatic heterocycles. The van der Waals surface area contributed by atoms with Gasteiger partial charge >= 0.3 is 0 Å². The van der Waals surface area contributed by atoms with E-state index in [1.165, 1.54) is 0 Å². The minimum atomic E-state index is -2.28. The molecule has 2 aromatic rings. The van der Waals surface area contributed by atoms with Crippen LogP contribution >= 0.6 is 0 Å². The fourth-order valence-corrected chi connectivity index (χ4v) is 2.82. The van der Waals surface area contributed by atoms with E-state index in [-0.39, 0.29) is 6.54 Å². The van der Waals surface area contributed by atoms with Crippen LogP contribution in [0.15, 0.2) is 18.5 Å². The Bertz CT molecular complexity index is 664. The van der Waals surface area contributed by atoms with E-state index in [1.807, 2.05) is 19.9 Å². The second-order valence-electron chi connectivity index (χ2n) is 5.75. The smallest absolute Gasteiger partial charge is 0.251 e. The third-order valence-corrected chi connectivity index (χ3v) is 3.93. The van der Waals surface area contributed by atoms with Gasteiger partial charge in [-0.3, -0.25) is 9.88 Å². The summed E-state index contributed by atoms with van der Waals surface area (Å²) in [6.07, 6.45) is 1.10. The maximum absolute atomic E-state index is 12.4. The predicted octanol–water partition coefficient (Wildman–Crippen LogP) is 1.67. The quantitative estimate of drug-likeness (QED) is 0.857. The van der Waals surface area contributed by atoms with Gasteiger partial charge in [0.25, 0.3) is 6.43 Å². The minimum absolute atomic E-state index is 0.161. The molecule has 1 fully saturated rings. The van der Waals surface area contributed by atoms with Crippen molar-refractivity contribution in [1.29, 1.82) is 0 Å². The highest BCUT2D eigenvalue weighted by Gasteiger charge is 2.21. The zero-order chi connectivity index (χ0) is 16.4. The van der Waals surface area contributed by atoms with Gasteiger partial charge in [-0.25, -0.2) is 18.4 Å². The summed E-state index contributed by atoms with van der Waals surface area (Å²) >= 11 is 0. The summed E-state index contributed by atoms with van der Waals surface area (Å²) in [6, 6.07) is 1.98. The molecule has 23 heavy (non-hydrogen) atoms. The molecular weight excluding hydrogens is 302 g/mol. The lowest BCUT2D eigenvalue weighted by Gasteiger charge is -2.35. The number of aryl methyl sites for hydroxylation is 2. The fourth-order valence-electron chi connectivity index (χ4n) is 2.82. The van der Waals surface area contributed by atoms with Crippen molar-refractivity contribution >= 4 is 5.82 Å². The van der Waals surface area contributed by atoms with E-state index >= 15 is 0 Å². The number of alkyl halides is 2. The van der Waals surface area contributed by atoms with Crippen LogP contribution in [-0.2, 0) is 0 Å². The van der Waals surface area contributed by atoms with Crippen LogP contribution in [0.25, 0.3) is 5.82 Å². The standard InChI is InChI=1S/C15H20F2N6/c1-11-7-12(2)23(20-11)15-9-18-8-14(19-15)22-5-3-21(4-6-22)10-13(16)17/h7-9,13H,3-6,10H2,1-2H3. The van der Waals surface area contributed by atoms with Crippen LogP contribution in [0.2, 0.25) is 0 Å². The third-order valence-electron chi connectivity index (χ3n) is 3.93. The summed E-state index contributed by atoms with van der Waals surface area (Å²) in [5, 5.41) is 4.42. The van der Waals surface area contributed by atoms with Crippen molar-refractivity contribution in [1.82, 2.24) is 24.6 Å². The van der Waals surface area contributed by atoms with Crippen molar-refractivity contribution in [2.45, 2.75) is 20.3 Å². The highest BCUT2D eigenvalue weighted by molar-refractivity contribution is 5.40. The molecule has 0 N–H and O–H groups in total. The molecule has 1 aliphatic rings. The van der Waals surface area contributed by atoms with Gasteiger partial charge in [-0.2, -0.15) is 5.10 Å². The second kappa shape index (κ2) is 6.57. The Balaban J connectivity index is 1.73. The summed E-state index contributed by atoms with van der Waals surface area (Å²) in [6.45, 7) is 6.29. The fraction of sp³-hybridized carbons (Fsp3) is 0.533. The first-order valence-electron chi connectivity index (χ1n) is 7.64. The Hall–Kier alpha value is -2.09. The largest absolute Gasteiger partial charge is 0.353 e. The molecule has 3 heterocycles. The van der Waals surface area contributed by atoms with Crippen LogP contribution in [0.4, 0.5) is 14.6 Å². The van der Waals surface area contributed by atoms with Crippen molar-refractivity contribution in [3.63, 3.8) is 0 Å². The number of hydrogen-bond donors (Lipinski definition) is 0. The molecule has 8 heteroatoms. The van der Waals surface area contributed by atoms with Crippen molar-refractivity contribution in [2.75, 3.05) is 37.6 Å². The Morgan fingerprint density at radius 2 is 1.78 bits per heavy atom. The Labute approximate surface area is 133 Å². The van der Waals surface area contributed by atoms with Crippen LogP contribution in [0.3, 0.4) is 0 Å². The summed E-state index contributed by atoms with van der Waals surface area (Å²) < 4.78 is 26.6.